The maximum Gasteiger partial charge on any atom is 0.405 e. The minimum absolute atomic E-state index is 0.0542. The first-order valence-electron chi connectivity index (χ1n) is 28.6. The summed E-state index contributed by atoms with van der Waals surface area (Å²) in [6.45, 7) is 14.9. The first-order valence-corrected chi connectivity index (χ1v) is 28.6. The first kappa shape index (κ1) is 71.1. The summed E-state index contributed by atoms with van der Waals surface area (Å²) in [6, 6.07) is 2.45. The fraction of sp³-hybridized carbons (Fsp3) is 0.524. The summed E-state index contributed by atoms with van der Waals surface area (Å²) in [4.78, 5) is 62.3. The SMILES string of the molecule is CO[C@H]1C=CC=C(C)C(=O)Nc2cc(O)c(N=CCCN([11CH3])CCC=Nc3c(O)cc4c(O)c3C[C@H](C)C[C@@H](OC)[C@@H](O)[C@H](C)C=C(C)[C@@H](OC(N)=O)[C@H](OC)C=CC=C(C)C(=O)N4)c(c2O)C[C@@H](C)C[C@H](OC)[C@H](O)[C@@H](C)C=C(C)[C@@H]1OC(N)=O. The molecular formula is C63H91N7O16. The Bertz CT molecular complexity index is 2720. The van der Waals surface area contributed by atoms with Crippen molar-refractivity contribution in [3.8, 4) is 23.0 Å². The second kappa shape index (κ2) is 34.1. The number of anilines is 2. The molecule has 2 aromatic carbocycles. The average molecular weight is 1200 g/mol. The van der Waals surface area contributed by atoms with Crippen LogP contribution in [-0.4, -0.2) is 169 Å². The number of rotatable bonds is 14. The molecule has 12 atom stereocenters. The number of benzene rings is 2. The molecule has 0 saturated carbocycles. The Morgan fingerprint density at radius 1 is 0.628 bits per heavy atom. The van der Waals surface area contributed by atoms with Crippen LogP contribution in [0.15, 0.2) is 93.0 Å². The molecule has 23 heteroatoms. The van der Waals surface area contributed by atoms with Gasteiger partial charge < -0.3 is 86.1 Å². The molecule has 474 valence electrons. The van der Waals surface area contributed by atoms with Crippen LogP contribution in [0.5, 0.6) is 23.0 Å². The van der Waals surface area contributed by atoms with E-state index in [-0.39, 0.29) is 92.7 Å². The van der Waals surface area contributed by atoms with Crippen molar-refractivity contribution in [1.82, 2.24) is 4.90 Å². The maximum absolute atomic E-state index is 13.5. The number of aliphatic hydroxyl groups is 2. The zero-order valence-electron chi connectivity index (χ0n) is 51.8. The number of aliphatic hydroxyl groups excluding tert-OH is 2. The van der Waals surface area contributed by atoms with Crippen LogP contribution in [0, 0.1) is 23.7 Å². The molecule has 4 rings (SSSR count). The predicted octanol–water partition coefficient (Wildman–Crippen LogP) is 8.25. The van der Waals surface area contributed by atoms with E-state index in [1.165, 1.54) is 52.7 Å². The standard InChI is InChI=1S/C63H91N7O16/c1-34-26-42-52(46(71)32-44(56(42)75)68-60(77)36(3)18-14-20-48(81-10)58(85-62(64)79)40(7)30-38(5)54(73)50(28-34)83-12)66-22-16-24-70(9)25-17-23-67-53-43-27-35(2)29-51(84-13)55(74)39(6)31-41(8)59(86-63(65)80)49(82-11)21-15-19-37(4)61(78)69-45(57(43)76)33-47(53)72/h14-15,18-23,30-35,38-39,48-51,54-55,58-59,71-76H,16-17,24-29H2,1-13H3,(H2,64,79)(H2,65,80)(H,68,77)(H,69,78)/t34-,35+,38+,39-,48+,49-,50+,51-,54-,55+,58+,59-/i9-1. The number of fused-ring (bicyclic) bond motifs is 4. The zero-order chi connectivity index (χ0) is 64.1. The highest BCUT2D eigenvalue weighted by Gasteiger charge is 2.33. The van der Waals surface area contributed by atoms with Crippen molar-refractivity contribution in [2.24, 2.45) is 45.1 Å². The third kappa shape index (κ3) is 20.4. The number of aliphatic imine (C=N–C) groups is 2. The summed E-state index contributed by atoms with van der Waals surface area (Å²) in [5, 5.41) is 75.2. The molecule has 23 nitrogen and oxygen atoms in total. The normalized spacial score (nSPS) is 26.4. The number of nitrogens with one attached hydrogen (secondary N) is 2. The smallest absolute Gasteiger partial charge is 0.405 e. The van der Waals surface area contributed by atoms with Crippen molar-refractivity contribution in [2.45, 2.75) is 143 Å². The Morgan fingerprint density at radius 2 is 0.988 bits per heavy atom. The lowest BCUT2D eigenvalue weighted by atomic mass is 9.87. The number of phenols is 4. The molecule has 86 heavy (non-hydrogen) atoms. The van der Waals surface area contributed by atoms with Gasteiger partial charge in [-0.1, -0.05) is 76.3 Å². The van der Waals surface area contributed by atoms with Crippen molar-refractivity contribution in [3.05, 3.63) is 94.2 Å². The molecule has 0 spiro atoms. The quantitative estimate of drug-likeness (QED) is 0.0368. The number of allylic oxidation sites excluding steroid dienone is 4. The van der Waals surface area contributed by atoms with E-state index >= 15 is 0 Å². The topological polar surface area (TPSA) is 349 Å². The molecular weight excluding hydrogens is 1110 g/mol. The average Bonchev–Trinajstić information content (AvgIpc) is 2.54. The Morgan fingerprint density at radius 3 is 1.31 bits per heavy atom. The summed E-state index contributed by atoms with van der Waals surface area (Å²) in [7, 11) is 7.70. The van der Waals surface area contributed by atoms with Gasteiger partial charge in [0.1, 0.15) is 46.6 Å². The molecule has 0 saturated heterocycles. The summed E-state index contributed by atoms with van der Waals surface area (Å²) in [5.41, 5.74) is 13.0. The Labute approximate surface area is 504 Å². The van der Waals surface area contributed by atoms with E-state index in [2.05, 4.69) is 20.6 Å². The third-order valence-electron chi connectivity index (χ3n) is 15.3. The highest BCUT2D eigenvalue weighted by Crippen LogP contribution is 2.46. The van der Waals surface area contributed by atoms with E-state index in [1.807, 2.05) is 25.8 Å². The van der Waals surface area contributed by atoms with Gasteiger partial charge in [-0.2, -0.15) is 0 Å². The number of hydrogen-bond acceptors (Lipinski definition) is 19. The Balaban J connectivity index is 1.59. The number of primary amides is 2. The number of aromatic hydroxyl groups is 4. The Hall–Kier alpha value is -7.38. The number of phenolic OH excluding ortho intramolecular Hbond substituents is 4. The molecule has 0 fully saturated rings. The zero-order valence-corrected chi connectivity index (χ0v) is 51.8. The first-order chi connectivity index (χ1) is 40.6. The lowest BCUT2D eigenvalue weighted by molar-refractivity contribution is -0.113. The number of amides is 4. The second-order valence-electron chi connectivity index (χ2n) is 22.4. The Kier molecular flexibility index (Phi) is 28.2. The molecule has 2 aliphatic heterocycles. The van der Waals surface area contributed by atoms with Crippen LogP contribution in [0.3, 0.4) is 0 Å². The highest BCUT2D eigenvalue weighted by atomic mass is 16.6. The minimum atomic E-state index is -1.04. The van der Waals surface area contributed by atoms with Crippen molar-refractivity contribution in [2.75, 3.05) is 59.2 Å². The molecule has 2 aliphatic rings. The molecule has 0 aliphatic carbocycles. The van der Waals surface area contributed by atoms with Gasteiger partial charge in [0.2, 0.25) is 0 Å². The molecule has 12 N–H and O–H groups in total. The molecule has 0 unspecified atom stereocenters. The van der Waals surface area contributed by atoms with Crippen LogP contribution < -0.4 is 22.1 Å². The highest BCUT2D eigenvalue weighted by molar-refractivity contribution is 6.05. The maximum atomic E-state index is 13.5. The van der Waals surface area contributed by atoms with Gasteiger partial charge >= 0.3 is 12.2 Å². The minimum Gasteiger partial charge on any atom is -0.506 e. The molecule has 0 radical (unpaired) electrons. The number of hydrogen-bond donors (Lipinski definition) is 10. The lowest BCUT2D eigenvalue weighted by Gasteiger charge is -2.29. The van der Waals surface area contributed by atoms with Crippen LogP contribution >= 0.6 is 0 Å². The molecule has 0 aromatic heterocycles. The van der Waals surface area contributed by atoms with E-state index in [9.17, 15) is 49.8 Å². The van der Waals surface area contributed by atoms with Crippen LogP contribution in [-0.2, 0) is 50.9 Å². The van der Waals surface area contributed by atoms with Gasteiger partial charge in [0.15, 0.2) is 12.2 Å². The fourth-order valence-corrected chi connectivity index (χ4v) is 10.5. The second-order valence-corrected chi connectivity index (χ2v) is 22.4. The van der Waals surface area contributed by atoms with Crippen molar-refractivity contribution in [3.63, 3.8) is 0 Å². The number of nitrogens with zero attached hydrogens (tertiary/aromatic N) is 3. The molecule has 4 bridgehead atoms. The third-order valence-corrected chi connectivity index (χ3v) is 15.3. The summed E-state index contributed by atoms with van der Waals surface area (Å²) >= 11 is 0. The van der Waals surface area contributed by atoms with E-state index in [0.717, 1.165) is 0 Å². The summed E-state index contributed by atoms with van der Waals surface area (Å²) in [6.07, 6.45) is 8.56. The van der Waals surface area contributed by atoms with Crippen LogP contribution in [0.1, 0.15) is 92.2 Å². The largest absolute Gasteiger partial charge is 0.506 e. The fourth-order valence-electron chi connectivity index (χ4n) is 10.5. The number of ether oxygens (including phenoxy) is 6. The van der Waals surface area contributed by atoms with Crippen molar-refractivity contribution in [1.29, 1.82) is 0 Å². The van der Waals surface area contributed by atoms with Gasteiger partial charge in [0, 0.05) is 100 Å². The van der Waals surface area contributed by atoms with Crippen LogP contribution in [0.25, 0.3) is 0 Å². The van der Waals surface area contributed by atoms with Gasteiger partial charge in [-0.25, -0.2) is 9.59 Å². The van der Waals surface area contributed by atoms with Gasteiger partial charge in [0.05, 0.1) is 35.8 Å². The molecule has 2 aromatic rings. The van der Waals surface area contributed by atoms with Gasteiger partial charge in [-0.3, -0.25) is 19.6 Å². The van der Waals surface area contributed by atoms with E-state index < -0.39 is 84.7 Å². The summed E-state index contributed by atoms with van der Waals surface area (Å²) in [5.74, 6) is -3.96. The lowest BCUT2D eigenvalue weighted by Crippen LogP contribution is -2.37. The number of carbonyl (C=O) groups excluding carboxylic acids is 4. The molecule has 4 amide bonds. The molecule has 2 heterocycles. The van der Waals surface area contributed by atoms with E-state index in [0.29, 0.717) is 49.9 Å². The van der Waals surface area contributed by atoms with Crippen LogP contribution in [0.2, 0.25) is 0 Å². The number of nitrogens with two attached hydrogens (primary N) is 2. The van der Waals surface area contributed by atoms with Gasteiger partial charge in [-0.05, 0) is 96.2 Å². The number of methoxy groups -OCH3 is 4. The van der Waals surface area contributed by atoms with Crippen molar-refractivity contribution < 1.29 is 78.2 Å². The van der Waals surface area contributed by atoms with Crippen molar-refractivity contribution >= 4 is 59.2 Å². The van der Waals surface area contributed by atoms with E-state index in [1.54, 1.807) is 90.4 Å². The number of carbonyl (C=O) groups is 4. The van der Waals surface area contributed by atoms with Gasteiger partial charge in [-0.15, -0.1) is 0 Å². The van der Waals surface area contributed by atoms with Crippen LogP contribution in [0.4, 0.5) is 32.3 Å². The predicted molar refractivity (Wildman–Crippen MR) is 331 cm³/mol. The monoisotopic (exact) mass is 1200 g/mol. The van der Waals surface area contributed by atoms with Gasteiger partial charge in [0.25, 0.3) is 11.8 Å². The van der Waals surface area contributed by atoms with E-state index in [4.69, 9.17) is 39.9 Å². The summed E-state index contributed by atoms with van der Waals surface area (Å²) < 4.78 is 33.8.